The molecule has 0 radical (unpaired) electrons. The van der Waals surface area contributed by atoms with Gasteiger partial charge in [0, 0.05) is 15.5 Å². The molecule has 5 aliphatic carbocycles. The highest BCUT2D eigenvalue weighted by Gasteiger charge is 2.74. The first-order valence-corrected chi connectivity index (χ1v) is 14.6. The van der Waals surface area contributed by atoms with Crippen LogP contribution in [0.4, 0.5) is 0 Å². The normalized spacial score (nSPS) is 30.8. The molecular formula is C35H28Cl2. The zero-order valence-corrected chi connectivity index (χ0v) is 22.2. The van der Waals surface area contributed by atoms with E-state index in [0.717, 1.165) is 33.7 Å². The number of hydrogen-bond donors (Lipinski definition) is 0. The van der Waals surface area contributed by atoms with Gasteiger partial charge >= 0.3 is 0 Å². The molecule has 0 aromatic heterocycles. The van der Waals surface area contributed by atoms with Gasteiger partial charge in [-0.2, -0.15) is 0 Å². The van der Waals surface area contributed by atoms with Crippen molar-refractivity contribution in [1.82, 2.24) is 0 Å². The van der Waals surface area contributed by atoms with Crippen molar-refractivity contribution in [2.75, 3.05) is 0 Å². The molecular weight excluding hydrogens is 491 g/mol. The van der Waals surface area contributed by atoms with Crippen molar-refractivity contribution in [3.8, 4) is 33.4 Å². The molecule has 4 atom stereocenters. The summed E-state index contributed by atoms with van der Waals surface area (Å²) in [5.74, 6) is 3.42. The Morgan fingerprint density at radius 3 is 1.46 bits per heavy atom. The van der Waals surface area contributed by atoms with Gasteiger partial charge in [-0.3, -0.25) is 0 Å². The highest BCUT2D eigenvalue weighted by Crippen LogP contribution is 2.81. The van der Waals surface area contributed by atoms with Crippen molar-refractivity contribution < 1.29 is 0 Å². The van der Waals surface area contributed by atoms with Crippen molar-refractivity contribution in [3.05, 3.63) is 106 Å². The Morgan fingerprint density at radius 2 is 0.973 bits per heavy atom. The summed E-state index contributed by atoms with van der Waals surface area (Å²) in [4.78, 5) is 0. The minimum atomic E-state index is 0.126. The summed E-state index contributed by atoms with van der Waals surface area (Å²) >= 11 is 12.9. The van der Waals surface area contributed by atoms with Gasteiger partial charge < -0.3 is 0 Å². The minimum Gasteiger partial charge on any atom is -0.0843 e. The topological polar surface area (TPSA) is 0 Å². The maximum absolute atomic E-state index is 6.43. The zero-order chi connectivity index (χ0) is 24.5. The molecule has 0 aliphatic heterocycles. The van der Waals surface area contributed by atoms with Gasteiger partial charge in [0.2, 0.25) is 0 Å². The lowest BCUT2D eigenvalue weighted by molar-refractivity contribution is -0.00187. The maximum atomic E-state index is 6.43. The summed E-state index contributed by atoms with van der Waals surface area (Å²) in [5, 5.41) is 1.60. The van der Waals surface area contributed by atoms with E-state index >= 15 is 0 Å². The molecule has 4 saturated carbocycles. The summed E-state index contributed by atoms with van der Waals surface area (Å²) in [6, 6.07) is 31.2. The molecule has 4 fully saturated rings. The summed E-state index contributed by atoms with van der Waals surface area (Å²) in [6.07, 6.45) is 7.18. The molecule has 9 rings (SSSR count). The highest BCUT2D eigenvalue weighted by molar-refractivity contribution is 6.31. The maximum Gasteiger partial charge on any atom is 0.0412 e. The Kier molecular flexibility index (Phi) is 4.11. The van der Waals surface area contributed by atoms with Gasteiger partial charge in [-0.25, -0.2) is 0 Å². The monoisotopic (exact) mass is 518 g/mol. The van der Waals surface area contributed by atoms with Crippen molar-refractivity contribution >= 4 is 23.2 Å². The van der Waals surface area contributed by atoms with Gasteiger partial charge in [-0.15, -0.1) is 0 Å². The lowest BCUT2D eigenvalue weighted by atomic mass is 9.53. The Morgan fingerprint density at radius 1 is 0.514 bits per heavy atom. The Labute approximate surface area is 228 Å². The predicted molar refractivity (Wildman–Crippen MR) is 153 cm³/mol. The van der Waals surface area contributed by atoms with Crippen LogP contribution in [-0.4, -0.2) is 0 Å². The number of hydrogen-bond acceptors (Lipinski definition) is 0. The van der Waals surface area contributed by atoms with Crippen LogP contribution in [0.1, 0.15) is 43.2 Å². The number of fused-ring (bicyclic) bond motifs is 9. The lowest BCUT2D eigenvalue weighted by Crippen LogP contribution is -2.45. The van der Waals surface area contributed by atoms with Crippen LogP contribution < -0.4 is 0 Å². The van der Waals surface area contributed by atoms with E-state index in [-0.39, 0.29) is 5.41 Å². The fourth-order valence-corrected chi connectivity index (χ4v) is 10.5. The third-order valence-electron chi connectivity index (χ3n) is 11.4. The van der Waals surface area contributed by atoms with E-state index in [1.807, 2.05) is 12.1 Å². The molecule has 4 unspecified atom stereocenters. The number of benzene rings is 4. The predicted octanol–water partition coefficient (Wildman–Crippen LogP) is 10.0. The lowest BCUT2D eigenvalue weighted by Gasteiger charge is -2.50. The molecule has 3 bridgehead atoms. The fourth-order valence-electron chi connectivity index (χ4n) is 10.2. The minimum absolute atomic E-state index is 0.126. The van der Waals surface area contributed by atoms with E-state index in [2.05, 4.69) is 72.8 Å². The average molecular weight is 520 g/mol. The largest absolute Gasteiger partial charge is 0.0843 e. The second-order valence-corrected chi connectivity index (χ2v) is 13.4. The number of rotatable bonds is 2. The molecule has 37 heavy (non-hydrogen) atoms. The molecule has 5 aliphatic rings. The summed E-state index contributed by atoms with van der Waals surface area (Å²) in [7, 11) is 0. The van der Waals surface area contributed by atoms with E-state index in [0.29, 0.717) is 5.41 Å². The quantitative estimate of drug-likeness (QED) is 0.247. The Hall–Kier alpha value is -2.54. The standard InChI is InChI=1S/C35H28Cl2/c36-28-5-1-3-20(11-28)22-7-9-30-31-10-8-23(21-4-2-6-29(37)12-21)14-33(31)35(32(30)13-22)26-16-24-15-25-17-27(35)19-34(24,25)18-26/h1-14,24-27H,15-19H2. The van der Waals surface area contributed by atoms with Crippen LogP contribution in [0.2, 0.25) is 10.0 Å². The van der Waals surface area contributed by atoms with Crippen molar-refractivity contribution in [1.29, 1.82) is 0 Å². The van der Waals surface area contributed by atoms with Gasteiger partial charge in [0.1, 0.15) is 0 Å². The van der Waals surface area contributed by atoms with Crippen LogP contribution in [-0.2, 0) is 5.41 Å². The molecule has 0 saturated heterocycles. The molecule has 2 spiro atoms. The van der Waals surface area contributed by atoms with E-state index in [1.54, 1.807) is 11.1 Å². The molecule has 4 aromatic rings. The second-order valence-electron chi connectivity index (χ2n) is 12.5. The van der Waals surface area contributed by atoms with Crippen molar-refractivity contribution in [2.45, 2.75) is 37.5 Å². The highest BCUT2D eigenvalue weighted by atomic mass is 35.5. The van der Waals surface area contributed by atoms with E-state index in [1.165, 1.54) is 65.5 Å². The summed E-state index contributed by atoms with van der Waals surface area (Å²) < 4.78 is 0. The molecule has 4 aromatic carbocycles. The van der Waals surface area contributed by atoms with Crippen LogP contribution in [0.15, 0.2) is 84.9 Å². The Balaban J connectivity index is 1.30. The third-order valence-corrected chi connectivity index (χ3v) is 11.9. The van der Waals surface area contributed by atoms with E-state index in [9.17, 15) is 0 Å². The van der Waals surface area contributed by atoms with Crippen LogP contribution >= 0.6 is 23.2 Å². The van der Waals surface area contributed by atoms with Gasteiger partial charge in [0.25, 0.3) is 0 Å². The van der Waals surface area contributed by atoms with Crippen LogP contribution in [0.3, 0.4) is 0 Å². The molecule has 0 N–H and O–H groups in total. The van der Waals surface area contributed by atoms with Gasteiger partial charge in [0.05, 0.1) is 0 Å². The van der Waals surface area contributed by atoms with Crippen molar-refractivity contribution in [2.24, 2.45) is 29.1 Å². The first kappa shape index (κ1) is 21.4. The van der Waals surface area contributed by atoms with Crippen LogP contribution in [0, 0.1) is 29.1 Å². The van der Waals surface area contributed by atoms with Gasteiger partial charge in [0.15, 0.2) is 0 Å². The zero-order valence-electron chi connectivity index (χ0n) is 20.7. The molecule has 0 heterocycles. The smallest absolute Gasteiger partial charge is 0.0412 e. The van der Waals surface area contributed by atoms with E-state index < -0.39 is 0 Å². The Bertz CT molecular complexity index is 1510. The molecule has 0 amide bonds. The first-order chi connectivity index (χ1) is 18.1. The van der Waals surface area contributed by atoms with E-state index in [4.69, 9.17) is 23.2 Å². The fraction of sp³-hybridized carbons (Fsp3) is 0.314. The second kappa shape index (κ2) is 7.10. The molecule has 0 nitrogen and oxygen atoms in total. The SMILES string of the molecule is Clc1cccc(-c2ccc3c(c2)C2(c4cc(-c5cccc(Cl)c5)ccc4-3)C3CC4CC5CC2CC45C3)c1. The number of halogens is 2. The summed E-state index contributed by atoms with van der Waals surface area (Å²) in [5.41, 5.74) is 11.9. The summed E-state index contributed by atoms with van der Waals surface area (Å²) in [6.45, 7) is 0. The molecule has 182 valence electrons. The molecule has 2 heteroatoms. The van der Waals surface area contributed by atoms with Crippen LogP contribution in [0.5, 0.6) is 0 Å². The van der Waals surface area contributed by atoms with Gasteiger partial charge in [-0.05, 0) is 142 Å². The van der Waals surface area contributed by atoms with Gasteiger partial charge in [-0.1, -0.05) is 71.7 Å². The third kappa shape index (κ3) is 2.57. The van der Waals surface area contributed by atoms with Crippen LogP contribution in [0.25, 0.3) is 33.4 Å². The first-order valence-electron chi connectivity index (χ1n) is 13.9. The average Bonchev–Trinajstić information content (AvgIpc) is 3.43. The van der Waals surface area contributed by atoms with Crippen molar-refractivity contribution in [3.63, 3.8) is 0 Å².